The van der Waals surface area contributed by atoms with Crippen LogP contribution in [-0.2, 0) is 0 Å². The van der Waals surface area contributed by atoms with Crippen LogP contribution in [0.4, 0.5) is 17.1 Å². The standard InChI is InChI=1S/C52H32N2O2/c1-2-13-36(14-3-1)53-43-18-8-6-16-39(43)42-32-35(27-31-44(42)53)33-24-28-37(29-25-33)54(45-19-10-22-48-50(45)40-17-7-9-21-47(40)55-48)46-20-11-23-49-51(46)41-30-26-34-12-4-5-15-38(34)52(41)56-49/h1-32H. The van der Waals surface area contributed by atoms with Crippen molar-refractivity contribution in [2.75, 3.05) is 4.90 Å². The fraction of sp³-hybridized carbons (Fsp3) is 0. The van der Waals surface area contributed by atoms with E-state index < -0.39 is 0 Å². The van der Waals surface area contributed by atoms with Gasteiger partial charge in [-0.15, -0.1) is 0 Å². The highest BCUT2D eigenvalue weighted by Gasteiger charge is 2.24. The number of para-hydroxylation sites is 3. The highest BCUT2D eigenvalue weighted by Crippen LogP contribution is 2.48. The van der Waals surface area contributed by atoms with Gasteiger partial charge in [0.2, 0.25) is 0 Å². The Kier molecular flexibility index (Phi) is 6.60. The molecule has 0 unspecified atom stereocenters. The molecule has 3 aromatic heterocycles. The van der Waals surface area contributed by atoms with Gasteiger partial charge in [0.1, 0.15) is 22.3 Å². The number of aromatic nitrogens is 1. The lowest BCUT2D eigenvalue weighted by Gasteiger charge is -2.27. The number of fused-ring (bicyclic) bond motifs is 11. The molecule has 0 saturated carbocycles. The van der Waals surface area contributed by atoms with Crippen LogP contribution in [0.15, 0.2) is 203 Å². The fourth-order valence-electron chi connectivity index (χ4n) is 8.88. The maximum absolute atomic E-state index is 6.70. The summed E-state index contributed by atoms with van der Waals surface area (Å²) in [6.45, 7) is 0. The molecule has 12 rings (SSSR count). The smallest absolute Gasteiger partial charge is 0.143 e. The predicted octanol–water partition coefficient (Wildman–Crippen LogP) is 14.9. The molecule has 0 N–H and O–H groups in total. The molecule has 0 aliphatic carbocycles. The Morgan fingerprint density at radius 3 is 1.82 bits per heavy atom. The highest BCUT2D eigenvalue weighted by atomic mass is 16.3. The van der Waals surface area contributed by atoms with Crippen LogP contribution < -0.4 is 4.90 Å². The van der Waals surface area contributed by atoms with Crippen molar-refractivity contribution in [2.45, 2.75) is 0 Å². The topological polar surface area (TPSA) is 34.5 Å². The van der Waals surface area contributed by atoms with Gasteiger partial charge in [-0.1, -0.05) is 115 Å². The van der Waals surface area contributed by atoms with E-state index in [-0.39, 0.29) is 0 Å². The minimum absolute atomic E-state index is 0.850. The van der Waals surface area contributed by atoms with Crippen LogP contribution in [0.5, 0.6) is 0 Å². The van der Waals surface area contributed by atoms with Crippen molar-refractivity contribution in [3.8, 4) is 16.8 Å². The van der Waals surface area contributed by atoms with Crippen LogP contribution in [0.1, 0.15) is 0 Å². The summed E-state index contributed by atoms with van der Waals surface area (Å²) >= 11 is 0. The van der Waals surface area contributed by atoms with E-state index in [0.717, 1.165) is 83.0 Å². The van der Waals surface area contributed by atoms with Crippen molar-refractivity contribution in [1.29, 1.82) is 0 Å². The van der Waals surface area contributed by atoms with Crippen LogP contribution >= 0.6 is 0 Å². The van der Waals surface area contributed by atoms with Gasteiger partial charge in [0, 0.05) is 38.3 Å². The lowest BCUT2D eigenvalue weighted by molar-refractivity contribution is 0.669. The van der Waals surface area contributed by atoms with Crippen LogP contribution in [0.25, 0.3) is 93.3 Å². The van der Waals surface area contributed by atoms with E-state index >= 15 is 0 Å². The molecule has 0 amide bonds. The average Bonchev–Trinajstić information content (AvgIpc) is 3.95. The number of rotatable bonds is 5. The second-order valence-electron chi connectivity index (χ2n) is 14.5. The number of anilines is 3. The Labute approximate surface area is 321 Å². The van der Waals surface area contributed by atoms with E-state index in [9.17, 15) is 0 Å². The molecule has 56 heavy (non-hydrogen) atoms. The molecular formula is C52H32N2O2. The average molecular weight is 717 g/mol. The van der Waals surface area contributed by atoms with Gasteiger partial charge in [0.15, 0.2) is 0 Å². The van der Waals surface area contributed by atoms with E-state index in [1.807, 2.05) is 12.1 Å². The highest BCUT2D eigenvalue weighted by molar-refractivity contribution is 6.21. The van der Waals surface area contributed by atoms with Gasteiger partial charge in [0.05, 0.1) is 33.2 Å². The van der Waals surface area contributed by atoms with E-state index in [1.165, 1.54) is 27.4 Å². The van der Waals surface area contributed by atoms with Crippen molar-refractivity contribution >= 4 is 93.5 Å². The summed E-state index contributed by atoms with van der Waals surface area (Å²) < 4.78 is 15.5. The first-order chi connectivity index (χ1) is 27.8. The second kappa shape index (κ2) is 12.0. The van der Waals surface area contributed by atoms with E-state index in [1.54, 1.807) is 0 Å². The Balaban J connectivity index is 1.06. The monoisotopic (exact) mass is 716 g/mol. The fourth-order valence-corrected chi connectivity index (χ4v) is 8.88. The molecular weight excluding hydrogens is 685 g/mol. The van der Waals surface area contributed by atoms with Gasteiger partial charge in [-0.25, -0.2) is 0 Å². The quantitative estimate of drug-likeness (QED) is 0.178. The van der Waals surface area contributed by atoms with Gasteiger partial charge >= 0.3 is 0 Å². The summed E-state index contributed by atoms with van der Waals surface area (Å²) in [5.74, 6) is 0. The van der Waals surface area contributed by atoms with Gasteiger partial charge in [-0.2, -0.15) is 0 Å². The molecule has 3 heterocycles. The molecule has 12 aromatic rings. The molecule has 0 fully saturated rings. The Bertz CT molecular complexity index is 3480. The van der Waals surface area contributed by atoms with E-state index in [0.29, 0.717) is 0 Å². The van der Waals surface area contributed by atoms with Crippen LogP contribution in [0, 0.1) is 0 Å². The Hall–Kier alpha value is -7.56. The van der Waals surface area contributed by atoms with Crippen LogP contribution in [-0.4, -0.2) is 4.57 Å². The summed E-state index contributed by atoms with van der Waals surface area (Å²) in [5, 5.41) is 9.05. The summed E-state index contributed by atoms with van der Waals surface area (Å²) in [6, 6.07) is 69.0. The van der Waals surface area contributed by atoms with Crippen molar-refractivity contribution in [3.05, 3.63) is 194 Å². The predicted molar refractivity (Wildman–Crippen MR) is 233 cm³/mol. The molecule has 4 nitrogen and oxygen atoms in total. The third-order valence-corrected chi connectivity index (χ3v) is 11.4. The number of furan rings is 2. The molecule has 0 radical (unpaired) electrons. The normalized spacial score (nSPS) is 11.9. The zero-order valence-corrected chi connectivity index (χ0v) is 30.2. The SMILES string of the molecule is c1ccc(-n2c3ccccc3c3cc(-c4ccc(N(c5cccc6oc7ccccc7c56)c5cccc6oc7c8ccccc8ccc7c56)cc4)ccc32)cc1. The summed E-state index contributed by atoms with van der Waals surface area (Å²) in [7, 11) is 0. The van der Waals surface area contributed by atoms with Gasteiger partial charge < -0.3 is 18.3 Å². The second-order valence-corrected chi connectivity index (χ2v) is 14.5. The molecule has 262 valence electrons. The van der Waals surface area contributed by atoms with Gasteiger partial charge in [-0.3, -0.25) is 0 Å². The maximum atomic E-state index is 6.70. The van der Waals surface area contributed by atoms with Crippen LogP contribution in [0.3, 0.4) is 0 Å². The zero-order chi connectivity index (χ0) is 36.7. The van der Waals surface area contributed by atoms with Crippen molar-refractivity contribution in [2.24, 2.45) is 0 Å². The minimum atomic E-state index is 0.850. The number of hydrogen-bond donors (Lipinski definition) is 0. The Morgan fingerprint density at radius 1 is 0.375 bits per heavy atom. The van der Waals surface area contributed by atoms with Crippen molar-refractivity contribution in [1.82, 2.24) is 4.57 Å². The summed E-state index contributed by atoms with van der Waals surface area (Å²) in [4.78, 5) is 2.37. The third kappa shape index (κ3) is 4.53. The number of benzene rings is 9. The Morgan fingerprint density at radius 2 is 1.00 bits per heavy atom. The van der Waals surface area contributed by atoms with Crippen molar-refractivity contribution in [3.63, 3.8) is 0 Å². The van der Waals surface area contributed by atoms with E-state index in [2.05, 4.69) is 191 Å². The zero-order valence-electron chi connectivity index (χ0n) is 30.2. The number of nitrogens with zero attached hydrogens (tertiary/aromatic N) is 2. The molecule has 0 aliphatic heterocycles. The molecule has 0 bridgehead atoms. The summed E-state index contributed by atoms with van der Waals surface area (Å²) in [6.07, 6.45) is 0. The minimum Gasteiger partial charge on any atom is -0.456 e. The molecule has 0 saturated heterocycles. The first-order valence-electron chi connectivity index (χ1n) is 19.0. The van der Waals surface area contributed by atoms with Gasteiger partial charge in [-0.05, 0) is 95.4 Å². The first kappa shape index (κ1) is 30.9. The molecule has 0 aliphatic rings. The lowest BCUT2D eigenvalue weighted by atomic mass is 10.0. The third-order valence-electron chi connectivity index (χ3n) is 11.4. The van der Waals surface area contributed by atoms with Gasteiger partial charge in [0.25, 0.3) is 0 Å². The van der Waals surface area contributed by atoms with Crippen molar-refractivity contribution < 1.29 is 8.83 Å². The molecule has 0 atom stereocenters. The summed E-state index contributed by atoms with van der Waals surface area (Å²) in [5.41, 5.74) is 12.5. The maximum Gasteiger partial charge on any atom is 0.143 e. The lowest BCUT2D eigenvalue weighted by Crippen LogP contribution is -2.10. The largest absolute Gasteiger partial charge is 0.456 e. The number of hydrogen-bond acceptors (Lipinski definition) is 3. The molecule has 0 spiro atoms. The molecule has 4 heteroatoms. The molecule has 9 aromatic carbocycles. The van der Waals surface area contributed by atoms with Crippen LogP contribution in [0.2, 0.25) is 0 Å². The van der Waals surface area contributed by atoms with E-state index in [4.69, 9.17) is 8.83 Å². The first-order valence-corrected chi connectivity index (χ1v) is 19.0.